The second-order valence-electron chi connectivity index (χ2n) is 4.38. The van der Waals surface area contributed by atoms with Crippen LogP contribution >= 0.6 is 11.3 Å². The standard InChI is InChI=1S/C12H15NO3S/c14-10(12(11(15)16)4-1-5-12)13-6-2-9-3-7-17-8-9/h3,7-8H,1-2,4-6H2,(H,13,14)(H,15,16). The lowest BCUT2D eigenvalue weighted by molar-refractivity contribution is -0.162. The average Bonchev–Trinajstić information content (AvgIpc) is 2.67. The largest absolute Gasteiger partial charge is 0.480 e. The van der Waals surface area contributed by atoms with Gasteiger partial charge in [0.25, 0.3) is 0 Å². The number of hydrogen-bond acceptors (Lipinski definition) is 3. The third-order valence-electron chi connectivity index (χ3n) is 3.33. The van der Waals surface area contributed by atoms with Gasteiger partial charge in [0.1, 0.15) is 5.41 Å². The van der Waals surface area contributed by atoms with Crippen molar-refractivity contribution in [2.75, 3.05) is 6.54 Å². The molecule has 0 saturated heterocycles. The van der Waals surface area contributed by atoms with E-state index in [0.717, 1.165) is 12.8 Å². The number of carbonyl (C=O) groups excluding carboxylic acids is 1. The van der Waals surface area contributed by atoms with Gasteiger partial charge in [0.05, 0.1) is 0 Å². The van der Waals surface area contributed by atoms with Crippen molar-refractivity contribution in [1.29, 1.82) is 0 Å². The zero-order valence-electron chi connectivity index (χ0n) is 9.44. The minimum absolute atomic E-state index is 0.327. The molecule has 2 rings (SSSR count). The van der Waals surface area contributed by atoms with Crippen molar-refractivity contribution < 1.29 is 14.7 Å². The second-order valence-corrected chi connectivity index (χ2v) is 5.16. The summed E-state index contributed by atoms with van der Waals surface area (Å²) in [6, 6.07) is 2.01. The molecule has 0 atom stereocenters. The Morgan fingerprint density at radius 3 is 2.71 bits per heavy atom. The number of aliphatic carboxylic acids is 1. The maximum atomic E-state index is 11.8. The molecule has 92 valence electrons. The zero-order chi connectivity index (χ0) is 12.3. The van der Waals surface area contributed by atoms with Crippen LogP contribution in [0.5, 0.6) is 0 Å². The Balaban J connectivity index is 1.83. The number of carboxylic acid groups (broad SMARTS) is 1. The van der Waals surface area contributed by atoms with Gasteiger partial charge in [-0.05, 0) is 41.7 Å². The molecule has 1 aliphatic carbocycles. The number of thiophene rings is 1. The summed E-state index contributed by atoms with van der Waals surface area (Å²) in [4.78, 5) is 22.9. The van der Waals surface area contributed by atoms with E-state index in [9.17, 15) is 9.59 Å². The molecule has 1 aromatic rings. The van der Waals surface area contributed by atoms with Crippen LogP contribution in [-0.4, -0.2) is 23.5 Å². The topological polar surface area (TPSA) is 66.4 Å². The predicted octanol–water partition coefficient (Wildman–Crippen LogP) is 1.66. The highest BCUT2D eigenvalue weighted by Crippen LogP contribution is 2.41. The van der Waals surface area contributed by atoms with E-state index in [1.165, 1.54) is 5.56 Å². The van der Waals surface area contributed by atoms with Crippen LogP contribution < -0.4 is 5.32 Å². The van der Waals surface area contributed by atoms with Gasteiger partial charge in [0, 0.05) is 6.54 Å². The number of nitrogens with one attached hydrogen (secondary N) is 1. The van der Waals surface area contributed by atoms with E-state index >= 15 is 0 Å². The molecule has 0 unspecified atom stereocenters. The van der Waals surface area contributed by atoms with E-state index in [-0.39, 0.29) is 5.91 Å². The summed E-state index contributed by atoms with van der Waals surface area (Å²) >= 11 is 1.62. The van der Waals surface area contributed by atoms with Crippen LogP contribution in [0.15, 0.2) is 16.8 Å². The third-order valence-corrected chi connectivity index (χ3v) is 4.06. The van der Waals surface area contributed by atoms with Crippen molar-refractivity contribution in [3.63, 3.8) is 0 Å². The molecule has 0 bridgehead atoms. The molecule has 0 radical (unpaired) electrons. The van der Waals surface area contributed by atoms with Gasteiger partial charge in [-0.2, -0.15) is 11.3 Å². The molecule has 1 fully saturated rings. The Hall–Kier alpha value is -1.36. The molecular weight excluding hydrogens is 238 g/mol. The van der Waals surface area contributed by atoms with Crippen LogP contribution in [0.3, 0.4) is 0 Å². The van der Waals surface area contributed by atoms with Crippen molar-refractivity contribution in [3.8, 4) is 0 Å². The summed E-state index contributed by atoms with van der Waals surface area (Å²) in [7, 11) is 0. The molecule has 0 aliphatic heterocycles. The first-order chi connectivity index (χ1) is 8.15. The maximum Gasteiger partial charge on any atom is 0.319 e. The monoisotopic (exact) mass is 253 g/mol. The summed E-state index contributed by atoms with van der Waals surface area (Å²) in [5.41, 5.74) is 0.0301. The number of hydrogen-bond donors (Lipinski definition) is 2. The fourth-order valence-corrected chi connectivity index (χ4v) is 2.70. The van der Waals surface area contributed by atoms with E-state index in [2.05, 4.69) is 5.32 Å². The molecule has 4 nitrogen and oxygen atoms in total. The van der Waals surface area contributed by atoms with Crippen molar-refractivity contribution in [1.82, 2.24) is 5.32 Å². The summed E-state index contributed by atoms with van der Waals surface area (Å²) < 4.78 is 0. The van der Waals surface area contributed by atoms with Crippen molar-refractivity contribution in [3.05, 3.63) is 22.4 Å². The van der Waals surface area contributed by atoms with E-state index < -0.39 is 11.4 Å². The zero-order valence-corrected chi connectivity index (χ0v) is 10.3. The molecule has 1 saturated carbocycles. The Bertz CT molecular complexity index is 409. The maximum absolute atomic E-state index is 11.8. The Kier molecular flexibility index (Phi) is 3.47. The Morgan fingerprint density at radius 1 is 1.47 bits per heavy atom. The van der Waals surface area contributed by atoms with Crippen LogP contribution in [0.1, 0.15) is 24.8 Å². The smallest absolute Gasteiger partial charge is 0.319 e. The molecular formula is C12H15NO3S. The molecule has 1 aromatic heterocycles. The van der Waals surface area contributed by atoms with Crippen molar-refractivity contribution in [2.24, 2.45) is 5.41 Å². The molecule has 17 heavy (non-hydrogen) atoms. The van der Waals surface area contributed by atoms with Crippen LogP contribution in [0, 0.1) is 5.41 Å². The van der Waals surface area contributed by atoms with Crippen LogP contribution in [0.25, 0.3) is 0 Å². The average molecular weight is 253 g/mol. The van der Waals surface area contributed by atoms with Gasteiger partial charge in [0.2, 0.25) is 5.91 Å². The molecule has 0 spiro atoms. The fourth-order valence-electron chi connectivity index (χ4n) is 1.99. The molecule has 1 heterocycles. The van der Waals surface area contributed by atoms with Gasteiger partial charge in [-0.1, -0.05) is 6.42 Å². The van der Waals surface area contributed by atoms with Gasteiger partial charge >= 0.3 is 5.97 Å². The molecule has 2 N–H and O–H groups in total. The first kappa shape index (κ1) is 12.1. The molecule has 5 heteroatoms. The minimum atomic E-state index is -1.14. The van der Waals surface area contributed by atoms with Gasteiger partial charge in [0.15, 0.2) is 0 Å². The SMILES string of the molecule is O=C(O)C1(C(=O)NCCc2ccsc2)CCC1. The quantitative estimate of drug-likeness (QED) is 0.784. The number of rotatable bonds is 5. The lowest BCUT2D eigenvalue weighted by atomic mass is 9.68. The van der Waals surface area contributed by atoms with Crippen LogP contribution in [-0.2, 0) is 16.0 Å². The van der Waals surface area contributed by atoms with E-state index in [4.69, 9.17) is 5.11 Å². The molecule has 1 amide bonds. The van der Waals surface area contributed by atoms with Gasteiger partial charge in [-0.25, -0.2) is 0 Å². The van der Waals surface area contributed by atoms with Gasteiger partial charge in [-0.3, -0.25) is 9.59 Å². The molecule has 1 aliphatic rings. The number of carboxylic acids is 1. The lowest BCUT2D eigenvalue weighted by Gasteiger charge is -2.35. The Morgan fingerprint density at radius 2 is 2.24 bits per heavy atom. The molecule has 0 aromatic carbocycles. The Labute approximate surface area is 104 Å². The summed E-state index contributed by atoms with van der Waals surface area (Å²) in [6.07, 6.45) is 2.51. The summed E-state index contributed by atoms with van der Waals surface area (Å²) in [6.45, 7) is 0.505. The second kappa shape index (κ2) is 4.87. The fraction of sp³-hybridized carbons (Fsp3) is 0.500. The minimum Gasteiger partial charge on any atom is -0.480 e. The van der Waals surface area contributed by atoms with E-state index in [1.54, 1.807) is 11.3 Å². The van der Waals surface area contributed by atoms with E-state index in [1.807, 2.05) is 16.8 Å². The number of amides is 1. The highest BCUT2D eigenvalue weighted by Gasteiger charge is 2.50. The van der Waals surface area contributed by atoms with Crippen LogP contribution in [0.2, 0.25) is 0 Å². The highest BCUT2D eigenvalue weighted by atomic mass is 32.1. The highest BCUT2D eigenvalue weighted by molar-refractivity contribution is 7.07. The summed E-state index contributed by atoms with van der Waals surface area (Å²) in [5, 5.41) is 15.8. The third kappa shape index (κ3) is 2.34. The van der Waals surface area contributed by atoms with Crippen molar-refractivity contribution >= 4 is 23.2 Å². The lowest BCUT2D eigenvalue weighted by Crippen LogP contribution is -2.51. The normalized spacial score (nSPS) is 17.2. The number of carbonyl (C=O) groups is 2. The van der Waals surface area contributed by atoms with Gasteiger partial charge < -0.3 is 10.4 Å². The first-order valence-corrected chi connectivity index (χ1v) is 6.62. The summed E-state index contributed by atoms with van der Waals surface area (Å²) in [5.74, 6) is -1.32. The predicted molar refractivity (Wildman–Crippen MR) is 65.0 cm³/mol. The van der Waals surface area contributed by atoms with Gasteiger partial charge in [-0.15, -0.1) is 0 Å². The first-order valence-electron chi connectivity index (χ1n) is 5.68. The van der Waals surface area contributed by atoms with Crippen LogP contribution in [0.4, 0.5) is 0 Å². The van der Waals surface area contributed by atoms with E-state index in [0.29, 0.717) is 19.4 Å². The van der Waals surface area contributed by atoms with Crippen molar-refractivity contribution in [2.45, 2.75) is 25.7 Å².